The standard InChI is InChI=1S/C61H48N4S/c1-3-17-41(18-4-1)43-29-31-51(55(38-43)65-53-27-9-7-23-48(53)52-39-46(30-32-54(52)65)61-34-13-15-40(33-36-61)16-14-35-61)60-63-58(42-19-5-2-6-20-42)62-59(64-60)45-22-11-21-44(37-45)47-25-12-26-50-49-24-8-10-28-56(49)66-57(47)50/h1-12,17-32,37-40H,13-16,33-36H2. The van der Waals surface area contributed by atoms with Crippen molar-refractivity contribution in [3.63, 3.8) is 0 Å². The van der Waals surface area contributed by atoms with Crippen molar-refractivity contribution < 1.29 is 0 Å². The third-order valence-corrected chi connectivity index (χ3v) is 16.2. The second-order valence-electron chi connectivity index (χ2n) is 18.7. The molecule has 4 nitrogen and oxygen atoms in total. The lowest BCUT2D eigenvalue weighted by molar-refractivity contribution is 0.336. The van der Waals surface area contributed by atoms with Gasteiger partial charge < -0.3 is 4.57 Å². The molecule has 13 rings (SSSR count). The van der Waals surface area contributed by atoms with Gasteiger partial charge in [0.2, 0.25) is 0 Å². The Morgan fingerprint density at radius 2 is 1.08 bits per heavy atom. The molecule has 0 saturated heterocycles. The Morgan fingerprint density at radius 1 is 0.424 bits per heavy atom. The van der Waals surface area contributed by atoms with Gasteiger partial charge in [0.1, 0.15) is 0 Å². The van der Waals surface area contributed by atoms with Gasteiger partial charge in [-0.05, 0) is 107 Å². The van der Waals surface area contributed by atoms with E-state index in [1.807, 2.05) is 17.4 Å². The van der Waals surface area contributed by atoms with E-state index in [-0.39, 0.29) is 5.41 Å². The number of aromatic nitrogens is 4. The van der Waals surface area contributed by atoms with Gasteiger partial charge in [-0.2, -0.15) is 0 Å². The molecule has 0 N–H and O–H groups in total. The van der Waals surface area contributed by atoms with E-state index in [0.717, 1.165) is 39.4 Å². The molecular weight excluding hydrogens is 821 g/mol. The summed E-state index contributed by atoms with van der Waals surface area (Å²) in [5.41, 5.74) is 12.7. The van der Waals surface area contributed by atoms with Crippen LogP contribution in [-0.2, 0) is 5.41 Å². The fourth-order valence-corrected chi connectivity index (χ4v) is 12.8. The van der Waals surface area contributed by atoms with Crippen molar-refractivity contribution >= 4 is 53.3 Å². The van der Waals surface area contributed by atoms with Crippen molar-refractivity contribution in [2.45, 2.75) is 56.8 Å². The van der Waals surface area contributed by atoms with E-state index in [2.05, 4.69) is 187 Å². The number of hydrogen-bond acceptors (Lipinski definition) is 4. The molecule has 0 spiro atoms. The molecule has 0 radical (unpaired) electrons. The van der Waals surface area contributed by atoms with Gasteiger partial charge in [0.15, 0.2) is 17.5 Å². The maximum Gasteiger partial charge on any atom is 0.166 e. The molecule has 0 unspecified atom stereocenters. The van der Waals surface area contributed by atoms with E-state index in [1.165, 1.54) is 110 Å². The van der Waals surface area contributed by atoms with Crippen LogP contribution in [0.3, 0.4) is 0 Å². The molecule has 0 atom stereocenters. The molecule has 8 aromatic carbocycles. The van der Waals surface area contributed by atoms with Crippen molar-refractivity contribution in [1.82, 2.24) is 19.5 Å². The number of para-hydroxylation sites is 1. The third-order valence-electron chi connectivity index (χ3n) is 14.9. The van der Waals surface area contributed by atoms with Gasteiger partial charge in [-0.1, -0.05) is 171 Å². The van der Waals surface area contributed by atoms with Crippen LogP contribution in [0.15, 0.2) is 188 Å². The second-order valence-corrected chi connectivity index (χ2v) is 19.7. The fourth-order valence-electron chi connectivity index (χ4n) is 11.6. The van der Waals surface area contributed by atoms with E-state index < -0.39 is 0 Å². The quantitative estimate of drug-likeness (QED) is 0.160. The summed E-state index contributed by atoms with van der Waals surface area (Å²) in [6.07, 6.45) is 10.7. The van der Waals surface area contributed by atoms with E-state index in [9.17, 15) is 0 Å². The van der Waals surface area contributed by atoms with Crippen molar-refractivity contribution in [3.8, 4) is 62.1 Å². The van der Waals surface area contributed by atoms with Gasteiger partial charge in [0.25, 0.3) is 0 Å². The molecule has 0 aliphatic heterocycles. The lowest BCUT2D eigenvalue weighted by Gasteiger charge is -2.33. The summed E-state index contributed by atoms with van der Waals surface area (Å²) in [6, 6.07) is 68.4. The van der Waals surface area contributed by atoms with Crippen LogP contribution in [0.25, 0.3) is 104 Å². The summed E-state index contributed by atoms with van der Waals surface area (Å²) < 4.78 is 5.06. The summed E-state index contributed by atoms with van der Waals surface area (Å²) in [6.45, 7) is 0. The summed E-state index contributed by atoms with van der Waals surface area (Å²) in [5.74, 6) is 2.83. The van der Waals surface area contributed by atoms with Crippen LogP contribution in [0.5, 0.6) is 0 Å². The minimum Gasteiger partial charge on any atom is -0.308 e. The number of thiophene rings is 1. The van der Waals surface area contributed by atoms with Gasteiger partial charge in [0.05, 0.1) is 16.7 Å². The Hall–Kier alpha value is -7.21. The van der Waals surface area contributed by atoms with Crippen molar-refractivity contribution in [2.75, 3.05) is 0 Å². The summed E-state index contributed by atoms with van der Waals surface area (Å²) >= 11 is 1.85. The molecule has 2 saturated carbocycles. The van der Waals surface area contributed by atoms with Crippen LogP contribution in [0.1, 0.15) is 56.9 Å². The van der Waals surface area contributed by atoms with Gasteiger partial charge in [-0.25, -0.2) is 15.0 Å². The lowest BCUT2D eigenvalue weighted by atomic mass is 9.71. The monoisotopic (exact) mass is 868 g/mol. The zero-order chi connectivity index (χ0) is 43.6. The first-order valence-corrected chi connectivity index (χ1v) is 24.5. The largest absolute Gasteiger partial charge is 0.308 e. The first kappa shape index (κ1) is 39.2. The van der Waals surface area contributed by atoms with E-state index in [1.54, 1.807) is 0 Å². The number of benzene rings is 8. The van der Waals surface area contributed by atoms with Gasteiger partial charge in [-0.3, -0.25) is 0 Å². The molecule has 5 heteroatoms. The molecule has 3 aromatic heterocycles. The maximum absolute atomic E-state index is 5.45. The van der Waals surface area contributed by atoms with Crippen LogP contribution < -0.4 is 0 Å². The number of rotatable bonds is 7. The zero-order valence-electron chi connectivity index (χ0n) is 36.8. The van der Waals surface area contributed by atoms with Crippen LogP contribution in [0.2, 0.25) is 0 Å². The molecule has 318 valence electrons. The van der Waals surface area contributed by atoms with Crippen molar-refractivity contribution in [1.29, 1.82) is 0 Å². The maximum atomic E-state index is 5.45. The molecule has 11 aromatic rings. The van der Waals surface area contributed by atoms with Crippen molar-refractivity contribution in [3.05, 3.63) is 194 Å². The van der Waals surface area contributed by atoms with Gasteiger partial charge >= 0.3 is 0 Å². The predicted molar refractivity (Wildman–Crippen MR) is 276 cm³/mol. The van der Waals surface area contributed by atoms with Crippen molar-refractivity contribution in [2.24, 2.45) is 5.92 Å². The Labute approximate surface area is 389 Å². The molecule has 2 aliphatic rings. The van der Waals surface area contributed by atoms with Crippen LogP contribution >= 0.6 is 11.3 Å². The molecule has 3 heterocycles. The van der Waals surface area contributed by atoms with E-state index in [4.69, 9.17) is 15.0 Å². The lowest BCUT2D eigenvalue weighted by Crippen LogP contribution is -2.25. The predicted octanol–water partition coefficient (Wildman–Crippen LogP) is 16.7. The fraction of sp³-hybridized carbons (Fsp3) is 0.164. The summed E-state index contributed by atoms with van der Waals surface area (Å²) in [5, 5.41) is 5.16. The van der Waals surface area contributed by atoms with Crippen LogP contribution in [-0.4, -0.2) is 19.5 Å². The van der Waals surface area contributed by atoms with Gasteiger partial charge in [0, 0.05) is 47.6 Å². The molecular formula is C61H48N4S. The van der Waals surface area contributed by atoms with Gasteiger partial charge in [-0.15, -0.1) is 11.3 Å². The average Bonchev–Trinajstić information content (AvgIpc) is 3.74. The second kappa shape index (κ2) is 16.0. The molecule has 2 aliphatic carbocycles. The number of fused-ring (bicyclic) bond motifs is 9. The topological polar surface area (TPSA) is 43.6 Å². The van der Waals surface area contributed by atoms with Crippen LogP contribution in [0.4, 0.5) is 0 Å². The highest BCUT2D eigenvalue weighted by molar-refractivity contribution is 7.26. The SMILES string of the molecule is c1ccc(-c2ccc(-c3nc(-c4ccccc4)nc(-c4cccc(-c5cccc6c5sc5ccccc56)c4)n3)c(-n3c4ccccc4c4cc(C56CCCC(CCC5)CC6)ccc43)c2)cc1. The highest BCUT2D eigenvalue weighted by Gasteiger charge is 2.37. The molecule has 2 bridgehead atoms. The number of hydrogen-bond donors (Lipinski definition) is 0. The first-order valence-electron chi connectivity index (χ1n) is 23.7. The smallest absolute Gasteiger partial charge is 0.166 e. The highest BCUT2D eigenvalue weighted by Crippen LogP contribution is 2.49. The minimum absolute atomic E-state index is 0.262. The number of nitrogens with zero attached hydrogens (tertiary/aromatic N) is 4. The Bertz CT molecular complexity index is 3610. The highest BCUT2D eigenvalue weighted by atomic mass is 32.1. The Morgan fingerprint density at radius 3 is 1.91 bits per heavy atom. The summed E-state index contributed by atoms with van der Waals surface area (Å²) in [4.78, 5) is 16.1. The van der Waals surface area contributed by atoms with Crippen LogP contribution in [0, 0.1) is 5.92 Å². The molecule has 2 fully saturated rings. The minimum atomic E-state index is 0.262. The third kappa shape index (κ3) is 6.67. The van der Waals surface area contributed by atoms with E-state index in [0.29, 0.717) is 17.5 Å². The molecule has 66 heavy (non-hydrogen) atoms. The molecule has 0 amide bonds. The zero-order valence-corrected chi connectivity index (χ0v) is 37.6. The normalized spacial score (nSPS) is 17.4. The Balaban J connectivity index is 1.02. The summed E-state index contributed by atoms with van der Waals surface area (Å²) in [7, 11) is 0. The average molecular weight is 869 g/mol. The van der Waals surface area contributed by atoms with E-state index >= 15 is 0 Å². The first-order chi connectivity index (χ1) is 32.7. The Kier molecular flexibility index (Phi) is 9.52.